The molecular weight excluding hydrogens is 220 g/mol. The van der Waals surface area contributed by atoms with Gasteiger partial charge in [0, 0.05) is 17.5 Å². The summed E-state index contributed by atoms with van der Waals surface area (Å²) in [6.45, 7) is 0.630. The molecule has 0 aliphatic carbocycles. The molecule has 0 aliphatic heterocycles. The number of rotatable bonds is 4. The molecule has 0 aliphatic rings. The highest BCUT2D eigenvalue weighted by Gasteiger charge is 2.15. The standard InChI is InChI=1S/C12H14N2OS/c13-6-5-11(12-14-7-8-16-12)9-1-3-10(15)4-2-9/h1-4,7-8,11,15H,5-6,13H2. The molecule has 1 unspecified atom stereocenters. The van der Waals surface area contributed by atoms with Crippen molar-refractivity contribution in [3.8, 4) is 5.75 Å². The van der Waals surface area contributed by atoms with Gasteiger partial charge in [-0.2, -0.15) is 0 Å². The van der Waals surface area contributed by atoms with Crippen molar-refractivity contribution in [3.05, 3.63) is 46.4 Å². The Morgan fingerprint density at radius 1 is 1.31 bits per heavy atom. The Labute approximate surface area is 98.6 Å². The van der Waals surface area contributed by atoms with E-state index >= 15 is 0 Å². The Morgan fingerprint density at radius 3 is 2.62 bits per heavy atom. The molecule has 0 radical (unpaired) electrons. The summed E-state index contributed by atoms with van der Waals surface area (Å²) in [5.74, 6) is 0.528. The number of aromatic nitrogens is 1. The molecule has 16 heavy (non-hydrogen) atoms. The van der Waals surface area contributed by atoms with E-state index in [1.54, 1.807) is 23.5 Å². The van der Waals surface area contributed by atoms with E-state index in [1.807, 2.05) is 23.7 Å². The molecule has 0 saturated heterocycles. The number of nitrogens with two attached hydrogens (primary N) is 1. The first-order valence-electron chi connectivity index (χ1n) is 5.19. The van der Waals surface area contributed by atoms with Crippen LogP contribution in [0.15, 0.2) is 35.8 Å². The minimum Gasteiger partial charge on any atom is -0.508 e. The van der Waals surface area contributed by atoms with Gasteiger partial charge in [0.2, 0.25) is 0 Å². The van der Waals surface area contributed by atoms with Crippen LogP contribution in [0.4, 0.5) is 0 Å². The zero-order chi connectivity index (χ0) is 11.4. The summed E-state index contributed by atoms with van der Waals surface area (Å²) in [6.07, 6.45) is 2.68. The summed E-state index contributed by atoms with van der Waals surface area (Å²) in [5, 5.41) is 12.3. The van der Waals surface area contributed by atoms with Crippen molar-refractivity contribution >= 4 is 11.3 Å². The molecule has 0 bridgehead atoms. The van der Waals surface area contributed by atoms with Crippen LogP contribution in [-0.2, 0) is 0 Å². The molecule has 4 heteroatoms. The average molecular weight is 234 g/mol. The van der Waals surface area contributed by atoms with E-state index in [-0.39, 0.29) is 11.7 Å². The Hall–Kier alpha value is -1.39. The van der Waals surface area contributed by atoms with Crippen LogP contribution in [0.25, 0.3) is 0 Å². The van der Waals surface area contributed by atoms with E-state index in [9.17, 15) is 5.11 Å². The van der Waals surface area contributed by atoms with Crippen molar-refractivity contribution < 1.29 is 5.11 Å². The van der Waals surface area contributed by atoms with Crippen molar-refractivity contribution in [1.82, 2.24) is 4.98 Å². The summed E-state index contributed by atoms with van der Waals surface area (Å²) in [6, 6.07) is 7.26. The van der Waals surface area contributed by atoms with Crippen molar-refractivity contribution in [1.29, 1.82) is 0 Å². The third-order valence-electron chi connectivity index (χ3n) is 2.50. The van der Waals surface area contributed by atoms with E-state index in [4.69, 9.17) is 5.73 Å². The Morgan fingerprint density at radius 2 is 2.06 bits per heavy atom. The maximum atomic E-state index is 9.26. The molecule has 3 N–H and O–H groups in total. The molecule has 1 aromatic carbocycles. The number of phenols is 1. The molecule has 1 atom stereocenters. The Balaban J connectivity index is 2.29. The second-order valence-electron chi connectivity index (χ2n) is 3.59. The lowest BCUT2D eigenvalue weighted by Crippen LogP contribution is -2.08. The molecule has 0 spiro atoms. The number of hydrogen-bond donors (Lipinski definition) is 2. The number of nitrogens with zero attached hydrogens (tertiary/aromatic N) is 1. The molecule has 2 rings (SSSR count). The van der Waals surface area contributed by atoms with Gasteiger partial charge in [-0.15, -0.1) is 11.3 Å². The highest BCUT2D eigenvalue weighted by molar-refractivity contribution is 7.09. The van der Waals surface area contributed by atoms with Gasteiger partial charge >= 0.3 is 0 Å². The fourth-order valence-electron chi connectivity index (χ4n) is 1.71. The van der Waals surface area contributed by atoms with Gasteiger partial charge in [-0.25, -0.2) is 4.98 Å². The van der Waals surface area contributed by atoms with Crippen LogP contribution in [0.2, 0.25) is 0 Å². The summed E-state index contributed by atoms with van der Waals surface area (Å²) >= 11 is 1.64. The molecule has 1 aromatic heterocycles. The van der Waals surface area contributed by atoms with E-state index < -0.39 is 0 Å². The number of phenolic OH excluding ortho intramolecular Hbond substituents is 1. The van der Waals surface area contributed by atoms with Gasteiger partial charge in [-0.3, -0.25) is 0 Å². The Bertz CT molecular complexity index is 425. The largest absolute Gasteiger partial charge is 0.508 e. The molecule has 0 fully saturated rings. The van der Waals surface area contributed by atoms with Crippen LogP contribution in [0.1, 0.15) is 22.9 Å². The smallest absolute Gasteiger partial charge is 0.115 e. The highest BCUT2D eigenvalue weighted by atomic mass is 32.1. The van der Waals surface area contributed by atoms with Gasteiger partial charge in [0.15, 0.2) is 0 Å². The highest BCUT2D eigenvalue weighted by Crippen LogP contribution is 2.29. The van der Waals surface area contributed by atoms with Crippen LogP contribution in [0.5, 0.6) is 5.75 Å². The second kappa shape index (κ2) is 5.09. The third kappa shape index (κ3) is 2.40. The lowest BCUT2D eigenvalue weighted by molar-refractivity contribution is 0.475. The van der Waals surface area contributed by atoms with E-state index in [2.05, 4.69) is 4.98 Å². The lowest BCUT2D eigenvalue weighted by Gasteiger charge is -2.13. The second-order valence-corrected chi connectivity index (χ2v) is 4.52. The van der Waals surface area contributed by atoms with Crippen molar-refractivity contribution in [2.45, 2.75) is 12.3 Å². The zero-order valence-electron chi connectivity index (χ0n) is 8.84. The zero-order valence-corrected chi connectivity index (χ0v) is 9.65. The lowest BCUT2D eigenvalue weighted by atomic mass is 9.96. The number of aromatic hydroxyl groups is 1. The fraction of sp³-hybridized carbons (Fsp3) is 0.250. The normalized spacial score (nSPS) is 12.6. The van der Waals surface area contributed by atoms with Gasteiger partial charge in [0.05, 0.1) is 5.01 Å². The number of benzene rings is 1. The van der Waals surface area contributed by atoms with Crippen LogP contribution in [0, 0.1) is 0 Å². The summed E-state index contributed by atoms with van der Waals surface area (Å²) in [5.41, 5.74) is 6.78. The topological polar surface area (TPSA) is 59.1 Å². The molecular formula is C12H14N2OS. The quantitative estimate of drug-likeness (QED) is 0.853. The average Bonchev–Trinajstić information content (AvgIpc) is 2.81. The fourth-order valence-corrected chi connectivity index (χ4v) is 2.51. The molecule has 1 heterocycles. The first kappa shape index (κ1) is 11.1. The minimum absolute atomic E-state index is 0.241. The predicted octanol–water partition coefficient (Wildman–Crippen LogP) is 2.33. The summed E-state index contributed by atoms with van der Waals surface area (Å²) in [4.78, 5) is 4.33. The van der Waals surface area contributed by atoms with Crippen molar-refractivity contribution in [2.24, 2.45) is 5.73 Å². The van der Waals surface area contributed by atoms with E-state index in [0.29, 0.717) is 6.54 Å². The van der Waals surface area contributed by atoms with Crippen LogP contribution >= 0.6 is 11.3 Å². The molecule has 2 aromatic rings. The first-order chi connectivity index (χ1) is 7.81. The van der Waals surface area contributed by atoms with Gasteiger partial charge in [-0.05, 0) is 30.7 Å². The van der Waals surface area contributed by atoms with Crippen molar-refractivity contribution in [2.75, 3.05) is 6.54 Å². The molecule has 84 valence electrons. The molecule has 0 saturated carbocycles. The van der Waals surface area contributed by atoms with Crippen LogP contribution < -0.4 is 5.73 Å². The van der Waals surface area contributed by atoms with Crippen LogP contribution in [0.3, 0.4) is 0 Å². The first-order valence-corrected chi connectivity index (χ1v) is 6.07. The molecule has 3 nitrogen and oxygen atoms in total. The van der Waals surface area contributed by atoms with Crippen LogP contribution in [-0.4, -0.2) is 16.6 Å². The maximum Gasteiger partial charge on any atom is 0.115 e. The summed E-state index contributed by atoms with van der Waals surface area (Å²) < 4.78 is 0. The van der Waals surface area contributed by atoms with Gasteiger partial charge in [0.25, 0.3) is 0 Å². The van der Waals surface area contributed by atoms with Crippen molar-refractivity contribution in [3.63, 3.8) is 0 Å². The third-order valence-corrected chi connectivity index (χ3v) is 3.39. The van der Waals surface area contributed by atoms with E-state index in [0.717, 1.165) is 17.0 Å². The number of hydrogen-bond acceptors (Lipinski definition) is 4. The summed E-state index contributed by atoms with van der Waals surface area (Å²) in [7, 11) is 0. The Kier molecular flexibility index (Phi) is 3.54. The van der Waals surface area contributed by atoms with Gasteiger partial charge in [-0.1, -0.05) is 12.1 Å². The SMILES string of the molecule is NCCC(c1ccc(O)cc1)c1nccs1. The minimum atomic E-state index is 0.241. The van der Waals surface area contributed by atoms with Gasteiger partial charge in [0.1, 0.15) is 5.75 Å². The predicted molar refractivity (Wildman–Crippen MR) is 65.7 cm³/mol. The van der Waals surface area contributed by atoms with E-state index in [1.165, 1.54) is 0 Å². The molecule has 0 amide bonds. The number of thiazole rings is 1. The maximum absolute atomic E-state index is 9.26. The monoisotopic (exact) mass is 234 g/mol. The van der Waals surface area contributed by atoms with Gasteiger partial charge < -0.3 is 10.8 Å².